The first-order valence-electron chi connectivity index (χ1n) is 12.1. The number of ketones is 2. The number of carbonyl (C=O) groups is 3. The van der Waals surface area contributed by atoms with Crippen molar-refractivity contribution in [2.24, 2.45) is 17.6 Å². The standard InChI is InChI=1S/C27H29N3O7S/c1-29(2)15-10-13(16-6-5-7-38-16)21(31)18-12(15)8-11-9-14-20(30(3)4)23(33)19(26(28)36)25(35)27(14,37)24(34)17(11)22(18)32/h5-7,10-11,14,20,31-32,35,37H,8-9H2,1-4H3,(H2,28,36). The summed E-state index contributed by atoms with van der Waals surface area (Å²) in [6.45, 7) is 0. The normalized spacial score (nSPS) is 26.8. The Kier molecular flexibility index (Phi) is 5.93. The SMILES string of the molecule is CN(C)c1cc(-c2cccs2)c(O)c2c1CC1CC3C(N(C)C)C(=O)C(C(N)=O)=C(O)C3(O)C(=O)C1=C2O. The van der Waals surface area contributed by atoms with Gasteiger partial charge in [0.05, 0.1) is 11.6 Å². The number of aliphatic hydroxyl groups is 3. The van der Waals surface area contributed by atoms with Crippen molar-refractivity contribution >= 4 is 40.3 Å². The van der Waals surface area contributed by atoms with Gasteiger partial charge in [-0.05, 0) is 55.9 Å². The number of phenols is 1. The quantitative estimate of drug-likeness (QED) is 0.364. The lowest BCUT2D eigenvalue weighted by Crippen LogP contribution is -2.65. The molecule has 5 rings (SSSR count). The number of fused-ring (bicyclic) bond motifs is 3. The number of carbonyl (C=O) groups excluding carboxylic acids is 3. The maximum absolute atomic E-state index is 14.0. The summed E-state index contributed by atoms with van der Waals surface area (Å²) in [6.07, 6.45) is 0.284. The highest BCUT2D eigenvalue weighted by Crippen LogP contribution is 2.55. The van der Waals surface area contributed by atoms with E-state index >= 15 is 0 Å². The van der Waals surface area contributed by atoms with Crippen molar-refractivity contribution in [1.29, 1.82) is 0 Å². The summed E-state index contributed by atoms with van der Waals surface area (Å²) in [5.74, 6) is -6.60. The van der Waals surface area contributed by atoms with Crippen molar-refractivity contribution in [3.8, 4) is 16.2 Å². The molecule has 3 aliphatic carbocycles. The van der Waals surface area contributed by atoms with Crippen molar-refractivity contribution in [3.05, 3.63) is 51.6 Å². The number of likely N-dealkylation sites (N-methyl/N-ethyl adjacent to an activating group) is 1. The highest BCUT2D eigenvalue weighted by atomic mass is 32.1. The lowest BCUT2D eigenvalue weighted by molar-refractivity contribution is -0.153. The van der Waals surface area contributed by atoms with Gasteiger partial charge in [0.1, 0.15) is 22.8 Å². The number of nitrogens with two attached hydrogens (primary N) is 1. The zero-order valence-corrected chi connectivity index (χ0v) is 22.2. The van der Waals surface area contributed by atoms with Gasteiger partial charge in [-0.2, -0.15) is 0 Å². The van der Waals surface area contributed by atoms with Crippen molar-refractivity contribution < 1.29 is 34.8 Å². The van der Waals surface area contributed by atoms with Crippen LogP contribution >= 0.6 is 11.3 Å². The average Bonchev–Trinajstić information content (AvgIpc) is 3.35. The number of phenolic OH excluding ortho intramolecular Hbond substituents is 1. The third kappa shape index (κ3) is 3.35. The number of Topliss-reactive ketones (excluding diaryl/α,β-unsaturated/α-hetero) is 2. The second kappa shape index (κ2) is 8.69. The van der Waals surface area contributed by atoms with E-state index in [1.165, 1.54) is 16.2 Å². The first kappa shape index (κ1) is 26.0. The van der Waals surface area contributed by atoms with E-state index in [-0.39, 0.29) is 29.7 Å². The summed E-state index contributed by atoms with van der Waals surface area (Å²) >= 11 is 1.40. The predicted octanol–water partition coefficient (Wildman–Crippen LogP) is 1.76. The lowest BCUT2D eigenvalue weighted by Gasteiger charge is -2.50. The van der Waals surface area contributed by atoms with Crippen LogP contribution in [-0.4, -0.2) is 82.6 Å². The molecule has 6 N–H and O–H groups in total. The van der Waals surface area contributed by atoms with Gasteiger partial charge in [-0.1, -0.05) is 6.07 Å². The number of aromatic hydroxyl groups is 1. The molecule has 2 aromatic rings. The van der Waals surface area contributed by atoms with Crippen molar-refractivity contribution in [2.45, 2.75) is 24.5 Å². The maximum Gasteiger partial charge on any atom is 0.255 e. The van der Waals surface area contributed by atoms with E-state index in [0.717, 1.165) is 10.6 Å². The summed E-state index contributed by atoms with van der Waals surface area (Å²) in [4.78, 5) is 43.4. The molecule has 1 fully saturated rings. The highest BCUT2D eigenvalue weighted by Gasteiger charge is 2.64. The molecule has 1 aromatic heterocycles. The third-order valence-corrected chi connectivity index (χ3v) is 8.87. The van der Waals surface area contributed by atoms with Crippen LogP contribution in [0, 0.1) is 11.8 Å². The van der Waals surface area contributed by atoms with E-state index in [4.69, 9.17) is 5.73 Å². The molecule has 4 unspecified atom stereocenters. The van der Waals surface area contributed by atoms with Crippen LogP contribution in [0.4, 0.5) is 5.69 Å². The molecule has 3 aliphatic rings. The first-order chi connectivity index (χ1) is 17.8. The van der Waals surface area contributed by atoms with Gasteiger partial charge in [-0.3, -0.25) is 19.3 Å². The van der Waals surface area contributed by atoms with Gasteiger partial charge >= 0.3 is 0 Å². The van der Waals surface area contributed by atoms with Crippen LogP contribution < -0.4 is 10.6 Å². The Morgan fingerprint density at radius 2 is 1.84 bits per heavy atom. The van der Waals surface area contributed by atoms with Gasteiger partial charge in [0.25, 0.3) is 5.91 Å². The number of hydrogen-bond acceptors (Lipinski definition) is 10. The smallest absolute Gasteiger partial charge is 0.255 e. The van der Waals surface area contributed by atoms with Crippen LogP contribution in [0.5, 0.6) is 5.75 Å². The van der Waals surface area contributed by atoms with E-state index < -0.39 is 58.0 Å². The largest absolute Gasteiger partial charge is 0.508 e. The molecule has 1 saturated carbocycles. The zero-order chi connectivity index (χ0) is 27.8. The fourth-order valence-corrected chi connectivity index (χ4v) is 7.05. The second-order valence-electron chi connectivity index (χ2n) is 10.5. The van der Waals surface area contributed by atoms with Crippen LogP contribution in [0.3, 0.4) is 0 Å². The average molecular weight is 540 g/mol. The highest BCUT2D eigenvalue weighted by molar-refractivity contribution is 7.13. The van der Waals surface area contributed by atoms with Crippen LogP contribution in [0.1, 0.15) is 17.5 Å². The van der Waals surface area contributed by atoms with Crippen molar-refractivity contribution in [1.82, 2.24) is 4.90 Å². The van der Waals surface area contributed by atoms with Crippen LogP contribution in [0.25, 0.3) is 16.2 Å². The minimum absolute atomic E-state index is 0.0477. The van der Waals surface area contributed by atoms with Crippen LogP contribution in [0.2, 0.25) is 0 Å². The van der Waals surface area contributed by atoms with Gasteiger partial charge in [-0.25, -0.2) is 0 Å². The fraction of sp³-hybridized carbons (Fsp3) is 0.370. The minimum atomic E-state index is -2.66. The summed E-state index contributed by atoms with van der Waals surface area (Å²) in [5.41, 5.74) is 3.63. The maximum atomic E-state index is 14.0. The molecule has 0 bridgehead atoms. The van der Waals surface area contributed by atoms with Crippen LogP contribution in [0.15, 0.2) is 40.5 Å². The van der Waals surface area contributed by atoms with Gasteiger partial charge in [-0.15, -0.1) is 11.3 Å². The van der Waals surface area contributed by atoms with Gasteiger partial charge in [0.2, 0.25) is 5.78 Å². The van der Waals surface area contributed by atoms with E-state index in [9.17, 15) is 34.8 Å². The molecule has 4 atom stereocenters. The predicted molar refractivity (Wildman–Crippen MR) is 142 cm³/mol. The molecule has 10 nitrogen and oxygen atoms in total. The number of nitrogens with zero attached hydrogens (tertiary/aromatic N) is 2. The molecule has 1 aromatic carbocycles. The van der Waals surface area contributed by atoms with E-state index in [2.05, 4.69) is 0 Å². The summed E-state index contributed by atoms with van der Waals surface area (Å²) in [7, 11) is 6.81. The second-order valence-corrected chi connectivity index (χ2v) is 11.4. The number of primary amides is 1. The van der Waals surface area contributed by atoms with Crippen molar-refractivity contribution in [3.63, 3.8) is 0 Å². The molecule has 0 saturated heterocycles. The summed E-state index contributed by atoms with van der Waals surface area (Å²) < 4.78 is 0. The monoisotopic (exact) mass is 539 g/mol. The number of thiophene rings is 1. The Morgan fingerprint density at radius 3 is 2.39 bits per heavy atom. The first-order valence-corrected chi connectivity index (χ1v) is 12.9. The number of rotatable bonds is 4. The molecule has 11 heteroatoms. The molecular weight excluding hydrogens is 510 g/mol. The van der Waals surface area contributed by atoms with Crippen LogP contribution in [-0.2, 0) is 20.8 Å². The minimum Gasteiger partial charge on any atom is -0.508 e. The van der Waals surface area contributed by atoms with Gasteiger partial charge in [0, 0.05) is 41.7 Å². The molecule has 0 radical (unpaired) electrons. The molecule has 1 heterocycles. The Labute approximate surface area is 222 Å². The summed E-state index contributed by atoms with van der Waals surface area (Å²) in [6, 6.07) is 4.38. The number of hydrogen-bond donors (Lipinski definition) is 5. The Hall–Kier alpha value is -3.67. The number of aliphatic hydroxyl groups excluding tert-OH is 2. The Balaban J connectivity index is 1.78. The lowest BCUT2D eigenvalue weighted by atomic mass is 9.57. The molecule has 200 valence electrons. The van der Waals surface area contributed by atoms with Crippen molar-refractivity contribution in [2.75, 3.05) is 33.1 Å². The number of amides is 1. The molecule has 0 aliphatic heterocycles. The zero-order valence-electron chi connectivity index (χ0n) is 21.3. The number of anilines is 1. The van der Waals surface area contributed by atoms with Gasteiger partial charge < -0.3 is 31.1 Å². The van der Waals surface area contributed by atoms with E-state index in [0.29, 0.717) is 11.1 Å². The van der Waals surface area contributed by atoms with E-state index in [1.54, 1.807) is 14.1 Å². The topological polar surface area (TPSA) is 165 Å². The molecular formula is C27H29N3O7S. The summed E-state index contributed by atoms with van der Waals surface area (Å²) in [5, 5.41) is 47.4. The Bertz CT molecular complexity index is 1460. The molecule has 38 heavy (non-hydrogen) atoms. The number of benzene rings is 1. The molecule has 1 amide bonds. The van der Waals surface area contributed by atoms with E-state index in [1.807, 2.05) is 42.6 Å². The third-order valence-electron chi connectivity index (χ3n) is 7.97. The fourth-order valence-electron chi connectivity index (χ4n) is 6.31. The molecule has 0 spiro atoms. The Morgan fingerprint density at radius 1 is 1.16 bits per heavy atom. The van der Waals surface area contributed by atoms with Gasteiger partial charge in [0.15, 0.2) is 11.4 Å².